The van der Waals surface area contributed by atoms with Crippen molar-refractivity contribution in [1.29, 1.82) is 0 Å². The average Bonchev–Trinajstić information content (AvgIpc) is 2.37. The van der Waals surface area contributed by atoms with Gasteiger partial charge >= 0.3 is 11.9 Å². The molecule has 0 radical (unpaired) electrons. The Kier molecular flexibility index (Phi) is 5.57. The fraction of sp³-hybridized carbons (Fsp3) is 0.308. The van der Waals surface area contributed by atoms with E-state index in [2.05, 4.69) is 5.32 Å². The van der Waals surface area contributed by atoms with Crippen molar-refractivity contribution < 1.29 is 24.6 Å². The van der Waals surface area contributed by atoms with Crippen molar-refractivity contribution in [2.75, 3.05) is 6.26 Å². The maximum atomic E-state index is 12.1. The number of hydrogen-bond donors (Lipinski definition) is 3. The molecular weight excluding hydrogens is 282 g/mol. The molecule has 20 heavy (non-hydrogen) atoms. The topological polar surface area (TPSA) is 104 Å². The SMILES string of the molecule is CSc1ccc(C)c(C(=O)N[C@@H](CC(=O)O)C(=O)O)c1. The summed E-state index contributed by atoms with van der Waals surface area (Å²) < 4.78 is 0. The molecule has 1 amide bonds. The van der Waals surface area contributed by atoms with Gasteiger partial charge in [0.1, 0.15) is 6.04 Å². The number of carbonyl (C=O) groups excluding carboxylic acids is 1. The van der Waals surface area contributed by atoms with Crippen molar-refractivity contribution in [3.63, 3.8) is 0 Å². The van der Waals surface area contributed by atoms with Crippen molar-refractivity contribution in [3.05, 3.63) is 29.3 Å². The van der Waals surface area contributed by atoms with Gasteiger partial charge in [-0.15, -0.1) is 11.8 Å². The number of carboxylic acids is 2. The third-order valence-electron chi connectivity index (χ3n) is 2.67. The molecule has 6 nitrogen and oxygen atoms in total. The summed E-state index contributed by atoms with van der Waals surface area (Å²) in [5.41, 5.74) is 1.04. The Bertz CT molecular complexity index is 544. The van der Waals surface area contributed by atoms with Crippen molar-refractivity contribution in [2.45, 2.75) is 24.3 Å². The van der Waals surface area contributed by atoms with Gasteiger partial charge in [-0.25, -0.2) is 4.79 Å². The van der Waals surface area contributed by atoms with Gasteiger partial charge in [-0.2, -0.15) is 0 Å². The molecule has 0 spiro atoms. The van der Waals surface area contributed by atoms with Crippen LogP contribution in [0, 0.1) is 6.92 Å². The van der Waals surface area contributed by atoms with Crippen LogP contribution in [0.5, 0.6) is 0 Å². The van der Waals surface area contributed by atoms with E-state index < -0.39 is 30.3 Å². The second-order valence-electron chi connectivity index (χ2n) is 4.14. The van der Waals surface area contributed by atoms with E-state index in [9.17, 15) is 14.4 Å². The van der Waals surface area contributed by atoms with Gasteiger partial charge in [0, 0.05) is 10.5 Å². The minimum atomic E-state index is -1.45. The third kappa shape index (κ3) is 4.27. The molecule has 0 heterocycles. The Hall–Kier alpha value is -2.02. The van der Waals surface area contributed by atoms with Crippen LogP contribution in [0.3, 0.4) is 0 Å². The van der Waals surface area contributed by atoms with Crippen molar-refractivity contribution in [2.24, 2.45) is 0 Å². The van der Waals surface area contributed by atoms with Gasteiger partial charge in [0.15, 0.2) is 0 Å². The first-order valence-electron chi connectivity index (χ1n) is 5.75. The molecule has 0 bridgehead atoms. The number of carbonyl (C=O) groups is 3. The Morgan fingerprint density at radius 2 is 1.95 bits per heavy atom. The van der Waals surface area contributed by atoms with Crippen LogP contribution in [0.25, 0.3) is 0 Å². The molecule has 0 saturated heterocycles. The smallest absolute Gasteiger partial charge is 0.326 e. The van der Waals surface area contributed by atoms with Crippen molar-refractivity contribution in [3.8, 4) is 0 Å². The molecule has 1 aromatic carbocycles. The van der Waals surface area contributed by atoms with Crippen LogP contribution in [0.2, 0.25) is 0 Å². The minimum Gasteiger partial charge on any atom is -0.481 e. The van der Waals surface area contributed by atoms with E-state index in [1.54, 1.807) is 19.1 Å². The Balaban J connectivity index is 2.94. The summed E-state index contributed by atoms with van der Waals surface area (Å²) in [5, 5.41) is 19.8. The van der Waals surface area contributed by atoms with Gasteiger partial charge in [-0.05, 0) is 30.9 Å². The summed E-state index contributed by atoms with van der Waals surface area (Å²) >= 11 is 1.45. The number of aryl methyl sites for hydroxylation is 1. The molecule has 1 atom stereocenters. The van der Waals surface area contributed by atoms with E-state index in [0.29, 0.717) is 11.1 Å². The Labute approximate surface area is 120 Å². The third-order valence-corrected chi connectivity index (χ3v) is 3.40. The molecule has 0 aliphatic carbocycles. The summed E-state index contributed by atoms with van der Waals surface area (Å²) in [6.45, 7) is 1.73. The van der Waals surface area contributed by atoms with Gasteiger partial charge in [0.25, 0.3) is 5.91 Å². The van der Waals surface area contributed by atoms with Crippen LogP contribution in [0.15, 0.2) is 23.1 Å². The second kappa shape index (κ2) is 6.95. The summed E-state index contributed by atoms with van der Waals surface area (Å²) in [6, 6.07) is 3.81. The zero-order valence-electron chi connectivity index (χ0n) is 11.0. The molecule has 1 rings (SSSR count). The maximum Gasteiger partial charge on any atom is 0.326 e. The van der Waals surface area contributed by atoms with E-state index in [1.807, 2.05) is 12.3 Å². The number of rotatable bonds is 6. The fourth-order valence-corrected chi connectivity index (χ4v) is 2.02. The number of thioether (sulfide) groups is 1. The lowest BCUT2D eigenvalue weighted by Crippen LogP contribution is -2.42. The zero-order valence-corrected chi connectivity index (χ0v) is 11.9. The largest absolute Gasteiger partial charge is 0.481 e. The van der Waals surface area contributed by atoms with Gasteiger partial charge < -0.3 is 15.5 Å². The molecule has 1 aromatic rings. The highest BCUT2D eigenvalue weighted by Crippen LogP contribution is 2.19. The highest BCUT2D eigenvalue weighted by atomic mass is 32.2. The molecular formula is C13H15NO5S. The van der Waals surface area contributed by atoms with Gasteiger partial charge in [0.2, 0.25) is 0 Å². The summed E-state index contributed by atoms with van der Waals surface area (Å²) in [7, 11) is 0. The molecule has 0 aromatic heterocycles. The standard InChI is InChI=1S/C13H15NO5S/c1-7-3-4-8(20-2)5-9(7)12(17)14-10(13(18)19)6-11(15)16/h3-5,10H,6H2,1-2H3,(H,14,17)(H,15,16)(H,18,19)/t10-/m0/s1. The summed E-state index contributed by atoms with van der Waals surface area (Å²) in [4.78, 5) is 34.4. The predicted octanol–water partition coefficient (Wildman–Crippen LogP) is 1.37. The fourth-order valence-electron chi connectivity index (χ4n) is 1.58. The molecule has 108 valence electrons. The van der Waals surface area contributed by atoms with Crippen LogP contribution in [-0.2, 0) is 9.59 Å². The predicted molar refractivity (Wildman–Crippen MR) is 74.1 cm³/mol. The van der Waals surface area contributed by atoms with E-state index in [4.69, 9.17) is 10.2 Å². The van der Waals surface area contributed by atoms with Crippen LogP contribution in [0.1, 0.15) is 22.3 Å². The van der Waals surface area contributed by atoms with E-state index in [0.717, 1.165) is 4.90 Å². The monoisotopic (exact) mass is 297 g/mol. The Morgan fingerprint density at radius 1 is 1.30 bits per heavy atom. The lowest BCUT2D eigenvalue weighted by molar-refractivity contribution is -0.145. The molecule has 0 unspecified atom stereocenters. The van der Waals surface area contributed by atoms with Gasteiger partial charge in [-0.1, -0.05) is 6.07 Å². The highest BCUT2D eigenvalue weighted by Gasteiger charge is 2.24. The first-order valence-corrected chi connectivity index (χ1v) is 6.97. The van der Waals surface area contributed by atoms with Crippen LogP contribution in [-0.4, -0.2) is 40.4 Å². The molecule has 0 fully saturated rings. The molecule has 0 aliphatic rings. The van der Waals surface area contributed by atoms with Crippen LogP contribution < -0.4 is 5.32 Å². The number of aliphatic carboxylic acids is 2. The quantitative estimate of drug-likeness (QED) is 0.685. The number of benzene rings is 1. The minimum absolute atomic E-state index is 0.341. The summed E-state index contributed by atoms with van der Waals surface area (Å²) in [6.07, 6.45) is 1.19. The van der Waals surface area contributed by atoms with E-state index in [1.165, 1.54) is 11.8 Å². The number of nitrogens with one attached hydrogen (secondary N) is 1. The number of carboxylic acid groups (broad SMARTS) is 2. The molecule has 3 N–H and O–H groups in total. The second-order valence-corrected chi connectivity index (χ2v) is 5.02. The van der Waals surface area contributed by atoms with E-state index in [-0.39, 0.29) is 0 Å². The highest BCUT2D eigenvalue weighted by molar-refractivity contribution is 7.98. The lowest BCUT2D eigenvalue weighted by atomic mass is 10.1. The van der Waals surface area contributed by atoms with Crippen LogP contribution >= 0.6 is 11.8 Å². The maximum absolute atomic E-state index is 12.1. The van der Waals surface area contributed by atoms with Gasteiger partial charge in [-0.3, -0.25) is 9.59 Å². The Morgan fingerprint density at radius 3 is 2.45 bits per heavy atom. The lowest BCUT2D eigenvalue weighted by Gasteiger charge is -2.14. The van der Waals surface area contributed by atoms with E-state index >= 15 is 0 Å². The molecule has 0 aliphatic heterocycles. The normalized spacial score (nSPS) is 11.7. The summed E-state index contributed by atoms with van der Waals surface area (Å²) in [5.74, 6) is -3.25. The molecule has 0 saturated carbocycles. The molecule has 7 heteroatoms. The zero-order chi connectivity index (χ0) is 15.3. The van der Waals surface area contributed by atoms with Crippen molar-refractivity contribution in [1.82, 2.24) is 5.32 Å². The number of hydrogen-bond acceptors (Lipinski definition) is 4. The first kappa shape index (κ1) is 16.0. The van der Waals surface area contributed by atoms with Gasteiger partial charge in [0.05, 0.1) is 6.42 Å². The first-order chi connectivity index (χ1) is 9.35. The number of amides is 1. The van der Waals surface area contributed by atoms with Crippen molar-refractivity contribution >= 4 is 29.6 Å². The van der Waals surface area contributed by atoms with Crippen LogP contribution in [0.4, 0.5) is 0 Å². The average molecular weight is 297 g/mol.